The van der Waals surface area contributed by atoms with Crippen molar-refractivity contribution in [3.8, 4) is 0 Å². The van der Waals surface area contributed by atoms with Gasteiger partial charge in [0.15, 0.2) is 50.3 Å². The molecule has 108 heavy (non-hydrogen) atoms. The minimum atomic E-state index is -1.49. The summed E-state index contributed by atoms with van der Waals surface area (Å²) in [6.45, 7) is 7.46. The molecule has 12 radical (unpaired) electrons. The smallest absolute Gasteiger partial charge is 0.178 e. The molecule has 4 aromatic carbocycles. The minimum absolute atomic E-state index is 0. The fraction of sp³-hybridized carbons (Fsp3) is 0.647. The first kappa shape index (κ1) is 142. The molecule has 0 spiro atoms. The van der Waals surface area contributed by atoms with Crippen LogP contribution in [0.4, 0.5) is 0 Å². The van der Waals surface area contributed by atoms with Gasteiger partial charge >= 0.3 is 0 Å². The van der Waals surface area contributed by atoms with Crippen LogP contribution in [0.25, 0.3) is 55.1 Å². The van der Waals surface area contributed by atoms with E-state index < -0.39 is 50.3 Å². The van der Waals surface area contributed by atoms with E-state index in [-0.39, 0.29) is 270 Å². The van der Waals surface area contributed by atoms with Crippen LogP contribution in [0.5, 0.6) is 0 Å². The monoisotopic (exact) mass is 2080 g/mol. The van der Waals surface area contributed by atoms with Gasteiger partial charge in [0, 0.05) is 247 Å². The number of allylic oxidation sites excluding steroid dienone is 2. The second kappa shape index (κ2) is 74.9. The number of aliphatic hydroxyl groups excluding tert-OH is 8. The third kappa shape index (κ3) is 46.9. The van der Waals surface area contributed by atoms with Gasteiger partial charge < -0.3 is 148 Å². The normalized spacial score (nSPS) is 21.3. The Morgan fingerprint density at radius 2 is 0.500 bits per heavy atom. The van der Waals surface area contributed by atoms with E-state index in [4.69, 9.17) is 40.9 Å². The summed E-state index contributed by atoms with van der Waals surface area (Å²) < 4.78 is 0. The third-order valence-corrected chi connectivity index (χ3v) is 19.9. The molecule has 4 aliphatic heterocycles. The van der Waals surface area contributed by atoms with Crippen LogP contribution in [0.1, 0.15) is 163 Å². The van der Waals surface area contributed by atoms with Gasteiger partial charge in [-0.1, -0.05) is 105 Å². The van der Waals surface area contributed by atoms with Gasteiger partial charge in [0.1, 0.15) is 0 Å². The van der Waals surface area contributed by atoms with Crippen LogP contribution in [-0.2, 0) is 201 Å². The van der Waals surface area contributed by atoms with Crippen LogP contribution in [0.2, 0.25) is 0 Å². The largest absolute Gasteiger partial charge is 0.693 e. The molecule has 0 aromatic heterocycles. The van der Waals surface area contributed by atoms with Crippen LogP contribution >= 0.6 is 0 Å². The van der Waals surface area contributed by atoms with Gasteiger partial charge in [-0.15, -0.1) is 45.8 Å². The van der Waals surface area contributed by atoms with Gasteiger partial charge in [-0.2, -0.15) is 6.20 Å². The number of nitrogens with zero attached hydrogens (tertiary/aromatic N) is 4. The quantitative estimate of drug-likeness (QED) is 0.0994. The SMILES string of the molecule is C1=CC(C2CC[N-]CC2)=CC[N-]1.C1CC(C2CC[N-]CC2)CC[N-]1.O.O.O.O.O.O.OC(O)C1CCC2CC(C(O)O)CCC2C1.OC(O)C1CCC2CC(C(O)O)CCC2C1.OC(O)c1ccc2cc(C(O)O)ccc2c1.OC(O)c1ccc2cc(C(O)O)ccc2c1.[Co].[Co].[Co].[Co].[Co].[Co].[Co].[Co].[Co].[Co].[Co].[Co].[NH2-].[NH2-]. The minimum Gasteiger partial charge on any atom is -0.693 e. The fourth-order valence-electron chi connectivity index (χ4n) is 14.5. The van der Waals surface area contributed by atoms with Crippen LogP contribution in [-0.4, -0.2) is 186 Å². The van der Waals surface area contributed by atoms with Crippen molar-refractivity contribution in [1.29, 1.82) is 0 Å². The summed E-state index contributed by atoms with van der Waals surface area (Å²) in [5.41, 5.74) is 3.11. The number of nitrogens with two attached hydrogens (primary N) is 2. The maximum Gasteiger partial charge on any atom is 0.178 e. The average Bonchev–Trinajstić information content (AvgIpc) is 0.838. The molecular formula is C68H116Co12N6O22-6. The summed E-state index contributed by atoms with van der Waals surface area (Å²) in [6, 6.07) is 19.7. The second-order valence-electron chi connectivity index (χ2n) is 25.6. The Balaban J connectivity index is -0.0000000791. The van der Waals surface area contributed by atoms with Crippen LogP contribution in [0.3, 0.4) is 0 Å². The first-order chi connectivity index (χ1) is 42.2. The van der Waals surface area contributed by atoms with Crippen molar-refractivity contribution < 1.29 is 316 Å². The van der Waals surface area contributed by atoms with E-state index in [0.29, 0.717) is 45.9 Å². The Hall–Kier alpha value is 1.68. The van der Waals surface area contributed by atoms with Crippen molar-refractivity contribution in [1.82, 2.24) is 0 Å². The molecule has 3 saturated heterocycles. The van der Waals surface area contributed by atoms with Crippen molar-refractivity contribution in [2.75, 3.05) is 45.8 Å². The van der Waals surface area contributed by atoms with Crippen LogP contribution < -0.4 is 0 Å². The topological polar surface area (TPSA) is 636 Å². The number of hydrogen-bond acceptors (Lipinski definition) is 16. The van der Waals surface area contributed by atoms with Crippen molar-refractivity contribution in [2.24, 2.45) is 65.1 Å². The fourth-order valence-corrected chi connectivity index (χ4v) is 14.5. The van der Waals surface area contributed by atoms with Gasteiger partial charge in [0.25, 0.3) is 0 Å². The Morgan fingerprint density at radius 3 is 0.694 bits per heavy atom. The predicted octanol–water partition coefficient (Wildman–Crippen LogP) is 4.10. The summed E-state index contributed by atoms with van der Waals surface area (Å²) >= 11 is 0. The maximum absolute atomic E-state index is 9.18. The number of fused-ring (bicyclic) bond motifs is 4. The molecule has 32 N–H and O–H groups in total. The maximum atomic E-state index is 9.18. The Kier molecular flexibility index (Phi) is 98.2. The van der Waals surface area contributed by atoms with Gasteiger partial charge in [-0.3, -0.25) is 0 Å². The molecule has 4 saturated carbocycles. The Labute approximate surface area is 759 Å². The zero-order chi connectivity index (χ0) is 63.3. The molecule has 12 rings (SSSR count). The summed E-state index contributed by atoms with van der Waals surface area (Å²) in [5.74, 6) is 5.03. The Morgan fingerprint density at radius 1 is 0.278 bits per heavy atom. The summed E-state index contributed by atoms with van der Waals surface area (Å²) in [4.78, 5) is 0. The predicted molar refractivity (Wildman–Crippen MR) is 368 cm³/mol. The van der Waals surface area contributed by atoms with Gasteiger partial charge in [-0.05, 0) is 164 Å². The summed E-state index contributed by atoms with van der Waals surface area (Å²) in [7, 11) is 0. The van der Waals surface area contributed by atoms with E-state index >= 15 is 0 Å². The number of benzene rings is 4. The molecule has 8 unspecified atom stereocenters. The molecule has 4 aromatic rings. The summed E-state index contributed by atoms with van der Waals surface area (Å²) in [5, 5.41) is 166. The molecule has 0 bridgehead atoms. The van der Waals surface area contributed by atoms with E-state index in [2.05, 4.69) is 33.4 Å². The molecule has 4 heterocycles. The zero-order valence-corrected chi connectivity index (χ0v) is 71.4. The van der Waals surface area contributed by atoms with E-state index in [0.717, 1.165) is 162 Å². The van der Waals surface area contributed by atoms with E-state index in [1.165, 1.54) is 44.1 Å². The first-order valence-electron chi connectivity index (χ1n) is 32.1. The average molecular weight is 2080 g/mol. The molecule has 0 amide bonds. The molecule has 40 heteroatoms. The molecule has 8 atom stereocenters. The third-order valence-electron chi connectivity index (χ3n) is 19.9. The van der Waals surface area contributed by atoms with Crippen molar-refractivity contribution in [2.45, 2.75) is 166 Å². The van der Waals surface area contributed by atoms with Gasteiger partial charge in [0.05, 0.1) is 0 Å². The first-order valence-corrected chi connectivity index (χ1v) is 32.1. The van der Waals surface area contributed by atoms with Gasteiger partial charge in [0.2, 0.25) is 0 Å². The number of piperidine rings is 3. The number of hydrogen-bond donors (Lipinski definition) is 16. The van der Waals surface area contributed by atoms with Gasteiger partial charge in [-0.25, -0.2) is 0 Å². The van der Waals surface area contributed by atoms with Crippen LogP contribution in [0, 0.1) is 65.1 Å². The van der Waals surface area contributed by atoms with E-state index in [9.17, 15) is 40.9 Å². The molecule has 8 aliphatic rings. The Bertz CT molecular complexity index is 2480. The molecule has 7 fully saturated rings. The number of aliphatic hydroxyl groups is 16. The number of rotatable bonds is 10. The molecule has 28 nitrogen and oxygen atoms in total. The van der Waals surface area contributed by atoms with Crippen molar-refractivity contribution in [3.63, 3.8) is 0 Å². The molecule has 4 aliphatic carbocycles. The zero-order valence-electron chi connectivity index (χ0n) is 58.9. The van der Waals surface area contributed by atoms with E-state index in [1.54, 1.807) is 72.8 Å². The molecular weight excluding hydrogens is 1960 g/mol. The van der Waals surface area contributed by atoms with Crippen molar-refractivity contribution in [3.05, 3.63) is 153 Å². The standard InChI is InChI=1S/2C12H22O4.2C12H12O4.C10H18N2.C10H14N2.12Co.2H2N.6H2O/c4*13-11(14)9-3-1-7-5-10(12(15)16)4-2-8(7)6-9;2*1-5-11-6-2-9(1)10-3-7-12-8-4-10;;;;;;;;;;;;;;;;;;;;/h2*7-16H,1-6H2;2*1-6,11-16H;9-10H,1-8H2;1-2,5,10H,3-4,6-8H2;;;;;;;;;;;;;8*1H2/q;;;;2*-2;;;;;;;;;;;;;2*-1;;;;;;. The van der Waals surface area contributed by atoms with Crippen molar-refractivity contribution >= 4 is 21.5 Å². The van der Waals surface area contributed by atoms with E-state index in [1.807, 2.05) is 6.20 Å². The molecule has 664 valence electrons. The second-order valence-corrected chi connectivity index (χ2v) is 25.6. The summed E-state index contributed by atoms with van der Waals surface area (Å²) in [6.07, 6.45) is 14.5. The van der Waals surface area contributed by atoms with Crippen LogP contribution in [0.15, 0.2) is 96.7 Å².